The van der Waals surface area contributed by atoms with E-state index >= 15 is 0 Å². The number of rotatable bonds is 2. The molecule has 1 aliphatic heterocycles. The number of halogens is 3. The fourth-order valence-electron chi connectivity index (χ4n) is 2.73. The van der Waals surface area contributed by atoms with Gasteiger partial charge in [-0.15, -0.1) is 0 Å². The number of benzene rings is 2. The maximum Gasteiger partial charge on any atom is 0.416 e. The summed E-state index contributed by atoms with van der Waals surface area (Å²) in [5, 5.41) is 0. The van der Waals surface area contributed by atoms with Gasteiger partial charge in [0, 0.05) is 24.2 Å². The second kappa shape index (κ2) is 7.14. The summed E-state index contributed by atoms with van der Waals surface area (Å²) in [6.45, 7) is 0.646. The predicted molar refractivity (Wildman–Crippen MR) is 91.9 cm³/mol. The molecule has 0 spiro atoms. The van der Waals surface area contributed by atoms with E-state index in [0.29, 0.717) is 37.6 Å². The van der Waals surface area contributed by atoms with E-state index in [9.17, 15) is 21.6 Å². The summed E-state index contributed by atoms with van der Waals surface area (Å²) in [6, 6.07) is 11.5. The Morgan fingerprint density at radius 2 is 1.50 bits per heavy atom. The lowest BCUT2D eigenvalue weighted by Gasteiger charge is -2.17. The molecular formula is C19H16F3NO2S. The van der Waals surface area contributed by atoms with Gasteiger partial charge in [0.25, 0.3) is 0 Å². The van der Waals surface area contributed by atoms with Gasteiger partial charge in [0.15, 0.2) is 0 Å². The Hall–Kier alpha value is -2.30. The lowest BCUT2D eigenvalue weighted by molar-refractivity contribution is -0.137. The van der Waals surface area contributed by atoms with Crippen molar-refractivity contribution in [3.05, 3.63) is 65.2 Å². The third kappa shape index (κ3) is 4.09. The van der Waals surface area contributed by atoms with Gasteiger partial charge in [0.05, 0.1) is 10.5 Å². The summed E-state index contributed by atoms with van der Waals surface area (Å²) in [6.07, 6.45) is -3.24. The second-order valence-corrected chi connectivity index (χ2v) is 7.91. The number of nitrogens with zero attached hydrogens (tertiary/aromatic N) is 1. The quantitative estimate of drug-likeness (QED) is 0.743. The van der Waals surface area contributed by atoms with Gasteiger partial charge in [0.2, 0.25) is 10.0 Å². The van der Waals surface area contributed by atoms with E-state index < -0.39 is 21.8 Å². The maximum atomic E-state index is 13.2. The molecule has 2 aromatic rings. The van der Waals surface area contributed by atoms with Crippen LogP contribution in [0.1, 0.15) is 29.5 Å². The van der Waals surface area contributed by atoms with Crippen LogP contribution in [-0.4, -0.2) is 25.8 Å². The highest BCUT2D eigenvalue weighted by Gasteiger charge is 2.34. The van der Waals surface area contributed by atoms with Crippen LogP contribution < -0.4 is 0 Å². The van der Waals surface area contributed by atoms with Crippen LogP contribution >= 0.6 is 0 Å². The van der Waals surface area contributed by atoms with Crippen LogP contribution in [0.25, 0.3) is 0 Å². The van der Waals surface area contributed by atoms with E-state index in [1.54, 1.807) is 30.3 Å². The molecule has 3 nitrogen and oxygen atoms in total. The zero-order chi connectivity index (χ0) is 18.8. The van der Waals surface area contributed by atoms with Crippen molar-refractivity contribution in [2.75, 3.05) is 13.1 Å². The van der Waals surface area contributed by atoms with Crippen LogP contribution in [0.3, 0.4) is 0 Å². The molecule has 1 saturated heterocycles. The number of hydrogen-bond donors (Lipinski definition) is 0. The Morgan fingerprint density at radius 1 is 0.885 bits per heavy atom. The topological polar surface area (TPSA) is 37.4 Å². The maximum absolute atomic E-state index is 13.2. The second-order valence-electron chi connectivity index (χ2n) is 5.97. The van der Waals surface area contributed by atoms with Crippen LogP contribution in [0.2, 0.25) is 0 Å². The van der Waals surface area contributed by atoms with Crippen molar-refractivity contribution in [2.45, 2.75) is 23.9 Å². The predicted octanol–water partition coefficient (Wildman–Crippen LogP) is 3.89. The minimum atomic E-state index is -4.65. The van der Waals surface area contributed by atoms with Crippen molar-refractivity contribution < 1.29 is 21.6 Å². The van der Waals surface area contributed by atoms with Crippen LogP contribution in [-0.2, 0) is 16.2 Å². The first-order chi connectivity index (χ1) is 12.3. The Labute approximate surface area is 150 Å². The Bertz CT molecular complexity index is 952. The highest BCUT2D eigenvalue weighted by Crippen LogP contribution is 2.33. The number of hydrogen-bond acceptors (Lipinski definition) is 2. The summed E-state index contributed by atoms with van der Waals surface area (Å²) in [7, 11) is -3.96. The molecule has 0 aromatic heterocycles. The molecule has 1 heterocycles. The van der Waals surface area contributed by atoms with Gasteiger partial charge < -0.3 is 0 Å². The molecule has 0 saturated carbocycles. The van der Waals surface area contributed by atoms with Gasteiger partial charge >= 0.3 is 6.18 Å². The molecule has 0 amide bonds. The smallest absolute Gasteiger partial charge is 0.207 e. The van der Waals surface area contributed by atoms with E-state index in [1.165, 1.54) is 10.4 Å². The molecular weight excluding hydrogens is 363 g/mol. The summed E-state index contributed by atoms with van der Waals surface area (Å²) in [5.74, 6) is 5.41. The molecule has 26 heavy (non-hydrogen) atoms. The Morgan fingerprint density at radius 3 is 2.12 bits per heavy atom. The van der Waals surface area contributed by atoms with Crippen molar-refractivity contribution in [3.63, 3.8) is 0 Å². The fourth-order valence-corrected chi connectivity index (χ4v) is 4.32. The highest BCUT2D eigenvalue weighted by atomic mass is 32.2. The average Bonchev–Trinajstić information content (AvgIpc) is 3.15. The molecule has 0 N–H and O–H groups in total. The minimum Gasteiger partial charge on any atom is -0.207 e. The van der Waals surface area contributed by atoms with Crippen molar-refractivity contribution in [3.8, 4) is 11.8 Å². The molecule has 0 radical (unpaired) electrons. The molecule has 136 valence electrons. The van der Waals surface area contributed by atoms with Gasteiger partial charge in [-0.2, -0.15) is 17.5 Å². The van der Waals surface area contributed by atoms with Gasteiger partial charge in [-0.3, -0.25) is 0 Å². The first-order valence-electron chi connectivity index (χ1n) is 8.06. The molecule has 0 atom stereocenters. The van der Waals surface area contributed by atoms with E-state index in [4.69, 9.17) is 0 Å². The molecule has 0 bridgehead atoms. The molecule has 0 aliphatic carbocycles. The standard InChI is InChI=1S/C19H16F3NO2S/c20-19(21,22)17-12-16(9-8-15-6-2-1-3-7-15)13-18(14-17)26(24,25)23-10-4-5-11-23/h1-3,6-7,12-14H,4-5,10-11H2. The van der Waals surface area contributed by atoms with Gasteiger partial charge in [-0.25, -0.2) is 8.42 Å². The molecule has 2 aromatic carbocycles. The summed E-state index contributed by atoms with van der Waals surface area (Å²) in [4.78, 5) is -0.369. The monoisotopic (exact) mass is 379 g/mol. The third-order valence-electron chi connectivity index (χ3n) is 4.06. The molecule has 0 unspecified atom stereocenters. The van der Waals surface area contributed by atoms with Gasteiger partial charge in [-0.1, -0.05) is 30.0 Å². The van der Waals surface area contributed by atoms with Gasteiger partial charge in [-0.05, 0) is 43.2 Å². The summed E-state index contributed by atoms with van der Waals surface area (Å²) in [5.41, 5.74) is -0.370. The molecule has 7 heteroatoms. The zero-order valence-electron chi connectivity index (χ0n) is 13.8. The summed E-state index contributed by atoms with van der Waals surface area (Å²) < 4.78 is 66.2. The lowest BCUT2D eigenvalue weighted by atomic mass is 10.1. The fraction of sp³-hybridized carbons (Fsp3) is 0.263. The molecule has 3 rings (SSSR count). The first-order valence-corrected chi connectivity index (χ1v) is 9.50. The Balaban J connectivity index is 2.07. The van der Waals surface area contributed by atoms with E-state index in [2.05, 4.69) is 11.8 Å². The molecule has 1 fully saturated rings. The van der Waals surface area contributed by atoms with Crippen molar-refractivity contribution >= 4 is 10.0 Å². The SMILES string of the molecule is O=S(=O)(c1cc(C#Cc2ccccc2)cc(C(F)(F)F)c1)N1CCCC1. The average molecular weight is 379 g/mol. The Kier molecular flexibility index (Phi) is 5.08. The largest absolute Gasteiger partial charge is 0.416 e. The number of alkyl halides is 3. The van der Waals surface area contributed by atoms with Crippen LogP contribution in [0.4, 0.5) is 13.2 Å². The minimum absolute atomic E-state index is 0.0152. The van der Waals surface area contributed by atoms with E-state index in [0.717, 1.165) is 6.07 Å². The first kappa shape index (κ1) is 18.5. The summed E-state index contributed by atoms with van der Waals surface area (Å²) >= 11 is 0. The van der Waals surface area contributed by atoms with Crippen molar-refractivity contribution in [2.24, 2.45) is 0 Å². The molecule has 1 aliphatic rings. The van der Waals surface area contributed by atoms with Crippen LogP contribution in [0.5, 0.6) is 0 Å². The van der Waals surface area contributed by atoms with Crippen molar-refractivity contribution in [1.29, 1.82) is 0 Å². The van der Waals surface area contributed by atoms with E-state index in [1.807, 2.05) is 0 Å². The van der Waals surface area contributed by atoms with Crippen LogP contribution in [0.15, 0.2) is 53.4 Å². The lowest BCUT2D eigenvalue weighted by Crippen LogP contribution is -2.28. The normalized spacial score (nSPS) is 15.5. The number of sulfonamides is 1. The third-order valence-corrected chi connectivity index (χ3v) is 5.94. The van der Waals surface area contributed by atoms with E-state index in [-0.39, 0.29) is 10.5 Å². The highest BCUT2D eigenvalue weighted by molar-refractivity contribution is 7.89. The zero-order valence-corrected chi connectivity index (χ0v) is 14.6. The van der Waals surface area contributed by atoms with Gasteiger partial charge in [0.1, 0.15) is 0 Å². The van der Waals surface area contributed by atoms with Crippen molar-refractivity contribution in [1.82, 2.24) is 4.31 Å². The van der Waals surface area contributed by atoms with Crippen LogP contribution in [0, 0.1) is 11.8 Å².